The molecule has 0 saturated carbocycles. The fourth-order valence-corrected chi connectivity index (χ4v) is 2.90. The Bertz CT molecular complexity index is 809. The molecule has 2 aromatic rings. The Kier molecular flexibility index (Phi) is 7.17. The SMILES string of the molecule is COC(=O)Nc1cc(-c2cnc(OC[C@@](C)(N)CC(C)C)c(OC)c2)ccn1. The summed E-state index contributed by atoms with van der Waals surface area (Å²) in [7, 11) is 2.85. The standard InChI is InChI=1S/C20H28N4O4/c1-13(2)10-20(3,21)12-28-18-16(26-4)8-15(11-23-18)14-6-7-22-17(9-14)24-19(25)27-5/h6-9,11,13H,10,12,21H2,1-5H3,(H,22,24,25)/t20-/m0/s1. The Labute approximate surface area is 165 Å². The molecule has 2 heterocycles. The Morgan fingerprint density at radius 3 is 2.64 bits per heavy atom. The molecular weight excluding hydrogens is 360 g/mol. The van der Waals surface area contributed by atoms with Crippen molar-refractivity contribution in [1.29, 1.82) is 0 Å². The zero-order valence-corrected chi connectivity index (χ0v) is 17.0. The molecule has 0 bridgehead atoms. The number of pyridine rings is 2. The summed E-state index contributed by atoms with van der Waals surface area (Å²) in [6.07, 6.45) is 3.50. The van der Waals surface area contributed by atoms with Gasteiger partial charge in [0.25, 0.3) is 5.88 Å². The molecule has 0 aliphatic carbocycles. The lowest BCUT2D eigenvalue weighted by Crippen LogP contribution is -2.43. The van der Waals surface area contributed by atoms with Gasteiger partial charge in [-0.25, -0.2) is 14.8 Å². The summed E-state index contributed by atoms with van der Waals surface area (Å²) in [6, 6.07) is 5.34. The maximum absolute atomic E-state index is 11.4. The maximum atomic E-state index is 11.4. The van der Waals surface area contributed by atoms with Crippen molar-refractivity contribution in [3.63, 3.8) is 0 Å². The van der Waals surface area contributed by atoms with Crippen LogP contribution in [0.4, 0.5) is 10.6 Å². The lowest BCUT2D eigenvalue weighted by molar-refractivity contribution is 0.187. The van der Waals surface area contributed by atoms with E-state index in [0.29, 0.717) is 30.0 Å². The number of anilines is 1. The molecule has 0 aliphatic heterocycles. The number of carbonyl (C=O) groups excluding carboxylic acids is 1. The van der Waals surface area contributed by atoms with E-state index in [1.807, 2.05) is 13.0 Å². The Hall–Kier alpha value is -2.87. The smallest absolute Gasteiger partial charge is 0.412 e. The molecule has 1 atom stereocenters. The van der Waals surface area contributed by atoms with Gasteiger partial charge in [0.15, 0.2) is 5.75 Å². The van der Waals surface area contributed by atoms with E-state index in [1.165, 1.54) is 7.11 Å². The van der Waals surface area contributed by atoms with Gasteiger partial charge >= 0.3 is 6.09 Å². The van der Waals surface area contributed by atoms with Crippen LogP contribution in [0.3, 0.4) is 0 Å². The molecule has 152 valence electrons. The summed E-state index contributed by atoms with van der Waals surface area (Å²) in [4.78, 5) is 19.8. The van der Waals surface area contributed by atoms with E-state index < -0.39 is 11.6 Å². The van der Waals surface area contributed by atoms with Gasteiger partial charge in [-0.05, 0) is 43.0 Å². The molecule has 0 spiro atoms. The van der Waals surface area contributed by atoms with Crippen LogP contribution >= 0.6 is 0 Å². The molecular formula is C20H28N4O4. The molecule has 8 nitrogen and oxygen atoms in total. The van der Waals surface area contributed by atoms with Crippen molar-refractivity contribution in [3.05, 3.63) is 30.6 Å². The number of nitrogens with one attached hydrogen (secondary N) is 1. The number of carbonyl (C=O) groups is 1. The lowest BCUT2D eigenvalue weighted by atomic mass is 9.93. The van der Waals surface area contributed by atoms with Crippen LogP contribution in [0.1, 0.15) is 27.2 Å². The minimum atomic E-state index is -0.588. The number of hydrogen-bond donors (Lipinski definition) is 2. The van der Waals surface area contributed by atoms with Crippen molar-refractivity contribution < 1.29 is 19.0 Å². The van der Waals surface area contributed by atoms with Crippen LogP contribution in [0.2, 0.25) is 0 Å². The Balaban J connectivity index is 2.19. The van der Waals surface area contributed by atoms with Gasteiger partial charge in [-0.1, -0.05) is 13.8 Å². The molecule has 0 radical (unpaired) electrons. The van der Waals surface area contributed by atoms with Gasteiger partial charge in [0.1, 0.15) is 12.4 Å². The topological polar surface area (TPSA) is 109 Å². The van der Waals surface area contributed by atoms with Crippen LogP contribution in [-0.4, -0.2) is 42.4 Å². The zero-order chi connectivity index (χ0) is 20.7. The van der Waals surface area contributed by atoms with E-state index in [2.05, 4.69) is 33.9 Å². The van der Waals surface area contributed by atoms with E-state index >= 15 is 0 Å². The summed E-state index contributed by atoms with van der Waals surface area (Å²) in [5, 5.41) is 2.53. The van der Waals surface area contributed by atoms with E-state index in [1.54, 1.807) is 31.6 Å². The second-order valence-corrected chi connectivity index (χ2v) is 7.32. The van der Waals surface area contributed by atoms with Gasteiger partial charge in [0.05, 0.1) is 14.2 Å². The highest BCUT2D eigenvalue weighted by Gasteiger charge is 2.22. The largest absolute Gasteiger partial charge is 0.491 e. The van der Waals surface area contributed by atoms with E-state index in [9.17, 15) is 4.79 Å². The molecule has 1 amide bonds. The number of aromatic nitrogens is 2. The molecule has 0 aliphatic rings. The average molecular weight is 388 g/mol. The minimum absolute atomic E-state index is 0.330. The monoisotopic (exact) mass is 388 g/mol. The number of nitrogens with zero attached hydrogens (tertiary/aromatic N) is 2. The van der Waals surface area contributed by atoms with Gasteiger partial charge in [-0.15, -0.1) is 0 Å². The number of methoxy groups -OCH3 is 2. The first-order valence-corrected chi connectivity index (χ1v) is 9.01. The number of amides is 1. The first-order chi connectivity index (χ1) is 13.2. The summed E-state index contributed by atoms with van der Waals surface area (Å²) in [5.74, 6) is 1.72. The van der Waals surface area contributed by atoms with Gasteiger partial charge in [-0.3, -0.25) is 5.32 Å². The predicted molar refractivity (Wildman–Crippen MR) is 108 cm³/mol. The van der Waals surface area contributed by atoms with E-state index in [4.69, 9.17) is 15.2 Å². The maximum Gasteiger partial charge on any atom is 0.412 e. The van der Waals surface area contributed by atoms with Gasteiger partial charge < -0.3 is 19.9 Å². The number of hydrogen-bond acceptors (Lipinski definition) is 7. The van der Waals surface area contributed by atoms with Crippen molar-refractivity contribution >= 4 is 11.9 Å². The molecule has 0 aromatic carbocycles. The van der Waals surface area contributed by atoms with E-state index in [0.717, 1.165) is 17.5 Å². The Morgan fingerprint density at radius 1 is 1.25 bits per heavy atom. The zero-order valence-electron chi connectivity index (χ0n) is 17.0. The molecule has 3 N–H and O–H groups in total. The molecule has 0 unspecified atom stereocenters. The molecule has 0 fully saturated rings. The second-order valence-electron chi connectivity index (χ2n) is 7.32. The van der Waals surface area contributed by atoms with Crippen molar-refractivity contribution in [2.75, 3.05) is 26.1 Å². The highest BCUT2D eigenvalue weighted by molar-refractivity contribution is 5.84. The third-order valence-electron chi connectivity index (χ3n) is 3.96. The van der Waals surface area contributed by atoms with Crippen LogP contribution in [0.25, 0.3) is 11.1 Å². The molecule has 8 heteroatoms. The average Bonchev–Trinajstić information content (AvgIpc) is 2.65. The van der Waals surface area contributed by atoms with Gasteiger partial charge in [-0.2, -0.15) is 0 Å². The summed E-state index contributed by atoms with van der Waals surface area (Å²) in [6.45, 7) is 6.53. The number of rotatable bonds is 8. The number of ether oxygens (including phenoxy) is 3. The number of nitrogens with two attached hydrogens (primary N) is 1. The van der Waals surface area contributed by atoms with Crippen molar-refractivity contribution in [2.45, 2.75) is 32.7 Å². The summed E-state index contributed by atoms with van der Waals surface area (Å²) >= 11 is 0. The fraction of sp³-hybridized carbons (Fsp3) is 0.450. The highest BCUT2D eigenvalue weighted by atomic mass is 16.5. The van der Waals surface area contributed by atoms with Crippen molar-refractivity contribution in [3.8, 4) is 22.8 Å². The van der Waals surface area contributed by atoms with Gasteiger partial charge in [0.2, 0.25) is 0 Å². The lowest BCUT2D eigenvalue weighted by Gasteiger charge is -2.26. The van der Waals surface area contributed by atoms with Crippen molar-refractivity contribution in [2.24, 2.45) is 11.7 Å². The van der Waals surface area contributed by atoms with Gasteiger partial charge in [0, 0.05) is 23.5 Å². The first-order valence-electron chi connectivity index (χ1n) is 9.01. The van der Waals surface area contributed by atoms with Crippen LogP contribution in [0, 0.1) is 5.92 Å². The normalized spacial score (nSPS) is 13.0. The molecule has 2 aromatic heterocycles. The predicted octanol–water partition coefficient (Wildman–Crippen LogP) is 3.47. The highest BCUT2D eigenvalue weighted by Crippen LogP contribution is 2.31. The minimum Gasteiger partial charge on any atom is -0.491 e. The third kappa shape index (κ3) is 6.09. The molecule has 2 rings (SSSR count). The van der Waals surface area contributed by atoms with E-state index in [-0.39, 0.29) is 0 Å². The van der Waals surface area contributed by atoms with Crippen LogP contribution in [0.5, 0.6) is 11.6 Å². The first kappa shape index (κ1) is 21.4. The summed E-state index contributed by atoms with van der Waals surface area (Å²) in [5.41, 5.74) is 7.44. The summed E-state index contributed by atoms with van der Waals surface area (Å²) < 4.78 is 15.8. The molecule has 0 saturated heterocycles. The van der Waals surface area contributed by atoms with Crippen LogP contribution in [-0.2, 0) is 4.74 Å². The quantitative estimate of drug-likeness (QED) is 0.712. The molecule has 28 heavy (non-hydrogen) atoms. The van der Waals surface area contributed by atoms with Crippen molar-refractivity contribution in [1.82, 2.24) is 9.97 Å². The third-order valence-corrected chi connectivity index (χ3v) is 3.96. The fourth-order valence-electron chi connectivity index (χ4n) is 2.90. The van der Waals surface area contributed by atoms with Crippen LogP contribution in [0.15, 0.2) is 30.6 Å². The van der Waals surface area contributed by atoms with Crippen LogP contribution < -0.4 is 20.5 Å². The Morgan fingerprint density at radius 2 is 2.00 bits per heavy atom. The second kappa shape index (κ2) is 9.36.